The van der Waals surface area contributed by atoms with Crippen LogP contribution in [0.5, 0.6) is 0 Å². The van der Waals surface area contributed by atoms with E-state index in [-0.39, 0.29) is 11.9 Å². The highest BCUT2D eigenvalue weighted by atomic mass is 32.1. The normalized spacial score (nSPS) is 12.6. The molecule has 0 aliphatic rings. The molecule has 0 fully saturated rings. The summed E-state index contributed by atoms with van der Waals surface area (Å²) in [5, 5.41) is 5.52. The second-order valence-electron chi connectivity index (χ2n) is 6.81. The average Bonchev–Trinajstić information content (AvgIpc) is 3.39. The molecular formula is C20H20N4O2S. The third-order valence-corrected chi connectivity index (χ3v) is 5.08. The van der Waals surface area contributed by atoms with Crippen molar-refractivity contribution in [3.05, 3.63) is 59.6 Å². The van der Waals surface area contributed by atoms with E-state index in [0.717, 1.165) is 23.3 Å². The van der Waals surface area contributed by atoms with Crippen LogP contribution in [0.25, 0.3) is 21.8 Å². The molecule has 0 bridgehead atoms. The van der Waals surface area contributed by atoms with Gasteiger partial charge in [0.05, 0.1) is 23.3 Å². The van der Waals surface area contributed by atoms with Gasteiger partial charge >= 0.3 is 0 Å². The van der Waals surface area contributed by atoms with Crippen LogP contribution in [0.2, 0.25) is 0 Å². The van der Waals surface area contributed by atoms with Crippen LogP contribution in [0.15, 0.2) is 52.5 Å². The summed E-state index contributed by atoms with van der Waals surface area (Å²) in [6.45, 7) is 4.25. The summed E-state index contributed by atoms with van der Waals surface area (Å²) < 4.78 is 5.35. The lowest BCUT2D eigenvalue weighted by Crippen LogP contribution is -2.30. The Morgan fingerprint density at radius 3 is 2.81 bits per heavy atom. The number of thiazole rings is 1. The maximum Gasteiger partial charge on any atom is 0.271 e. The van der Waals surface area contributed by atoms with Gasteiger partial charge in [-0.3, -0.25) is 4.79 Å². The maximum atomic E-state index is 12.8. The van der Waals surface area contributed by atoms with E-state index < -0.39 is 0 Å². The summed E-state index contributed by atoms with van der Waals surface area (Å²) in [5.74, 6) is 1.61. The van der Waals surface area contributed by atoms with E-state index in [2.05, 4.69) is 34.1 Å². The van der Waals surface area contributed by atoms with Crippen LogP contribution >= 0.6 is 11.3 Å². The van der Waals surface area contributed by atoms with Gasteiger partial charge in [-0.2, -0.15) is 0 Å². The predicted octanol–water partition coefficient (Wildman–Crippen LogP) is 4.80. The van der Waals surface area contributed by atoms with Crippen molar-refractivity contribution < 1.29 is 9.21 Å². The molecule has 1 unspecified atom stereocenters. The Morgan fingerprint density at radius 2 is 2.07 bits per heavy atom. The van der Waals surface area contributed by atoms with E-state index in [4.69, 9.17) is 4.42 Å². The Balaban J connectivity index is 1.57. The van der Waals surface area contributed by atoms with Gasteiger partial charge in [0.25, 0.3) is 5.91 Å². The van der Waals surface area contributed by atoms with Crippen LogP contribution in [0.1, 0.15) is 42.6 Å². The Labute approximate surface area is 160 Å². The van der Waals surface area contributed by atoms with Gasteiger partial charge in [-0.05, 0) is 36.6 Å². The molecule has 7 heteroatoms. The van der Waals surface area contributed by atoms with Crippen molar-refractivity contribution in [1.29, 1.82) is 0 Å². The van der Waals surface area contributed by atoms with E-state index in [1.165, 1.54) is 11.3 Å². The lowest BCUT2D eigenvalue weighted by atomic mass is 10.0. The molecule has 0 radical (unpaired) electrons. The minimum absolute atomic E-state index is 0.210. The Bertz CT molecular complexity index is 1020. The van der Waals surface area contributed by atoms with Crippen LogP contribution in [0.3, 0.4) is 0 Å². The summed E-state index contributed by atoms with van der Waals surface area (Å²) in [7, 11) is 0. The first-order valence-corrected chi connectivity index (χ1v) is 9.73. The molecule has 1 amide bonds. The van der Waals surface area contributed by atoms with Crippen LogP contribution in [0.4, 0.5) is 0 Å². The second kappa shape index (κ2) is 7.36. The van der Waals surface area contributed by atoms with Gasteiger partial charge in [0.1, 0.15) is 11.5 Å². The first-order chi connectivity index (χ1) is 13.1. The van der Waals surface area contributed by atoms with Crippen LogP contribution in [-0.2, 0) is 0 Å². The second-order valence-corrected chi connectivity index (χ2v) is 7.67. The van der Waals surface area contributed by atoms with Gasteiger partial charge in [0, 0.05) is 5.38 Å². The summed E-state index contributed by atoms with van der Waals surface area (Å²) in [6, 6.07) is 11.3. The molecule has 0 saturated heterocycles. The fourth-order valence-electron chi connectivity index (χ4n) is 2.97. The zero-order valence-corrected chi connectivity index (χ0v) is 15.9. The molecular weight excluding hydrogens is 360 g/mol. The standard InChI is InChI=1S/C20H20N4O2S/c1-12(2)10-15(18-21-13-6-3-4-7-14(13)22-18)23-19(25)16-11-27-20(24-16)17-8-5-9-26-17/h3-9,11-12,15H,10H2,1-2H3,(H,21,22)(H,23,25). The van der Waals surface area contributed by atoms with Gasteiger partial charge in [-0.1, -0.05) is 26.0 Å². The predicted molar refractivity (Wildman–Crippen MR) is 106 cm³/mol. The molecule has 0 spiro atoms. The molecule has 1 atom stereocenters. The van der Waals surface area contributed by atoms with Crippen molar-refractivity contribution in [3.63, 3.8) is 0 Å². The van der Waals surface area contributed by atoms with Crippen molar-refractivity contribution in [1.82, 2.24) is 20.3 Å². The number of carbonyl (C=O) groups excluding carboxylic acids is 1. The Hall–Kier alpha value is -2.93. The number of benzene rings is 1. The number of furan rings is 1. The van der Waals surface area contributed by atoms with E-state index in [0.29, 0.717) is 22.4 Å². The number of rotatable bonds is 6. The van der Waals surface area contributed by atoms with Crippen molar-refractivity contribution in [2.24, 2.45) is 5.92 Å². The van der Waals surface area contributed by atoms with E-state index in [1.807, 2.05) is 30.3 Å². The van der Waals surface area contributed by atoms with E-state index in [9.17, 15) is 4.79 Å². The third kappa shape index (κ3) is 3.78. The zero-order chi connectivity index (χ0) is 18.8. The van der Waals surface area contributed by atoms with Crippen LogP contribution < -0.4 is 5.32 Å². The van der Waals surface area contributed by atoms with Gasteiger partial charge < -0.3 is 14.7 Å². The molecule has 4 rings (SSSR count). The number of hydrogen-bond donors (Lipinski definition) is 2. The minimum Gasteiger partial charge on any atom is -0.462 e. The summed E-state index contributed by atoms with van der Waals surface area (Å²) in [5.41, 5.74) is 2.24. The molecule has 4 aromatic rings. The summed E-state index contributed by atoms with van der Waals surface area (Å²) >= 11 is 1.39. The molecule has 3 aromatic heterocycles. The third-order valence-electron chi connectivity index (χ3n) is 4.22. The quantitative estimate of drug-likeness (QED) is 0.503. The molecule has 27 heavy (non-hydrogen) atoms. The number of fused-ring (bicyclic) bond motifs is 1. The monoisotopic (exact) mass is 380 g/mol. The van der Waals surface area contributed by atoms with Gasteiger partial charge in [0.2, 0.25) is 0 Å². The van der Waals surface area contributed by atoms with E-state index in [1.54, 1.807) is 17.7 Å². The van der Waals surface area contributed by atoms with Crippen molar-refractivity contribution in [2.45, 2.75) is 26.3 Å². The largest absolute Gasteiger partial charge is 0.462 e. The number of hydrogen-bond acceptors (Lipinski definition) is 5. The highest BCUT2D eigenvalue weighted by Crippen LogP contribution is 2.25. The van der Waals surface area contributed by atoms with Crippen molar-refractivity contribution in [3.8, 4) is 10.8 Å². The molecule has 0 saturated carbocycles. The van der Waals surface area contributed by atoms with Gasteiger partial charge in [0.15, 0.2) is 10.8 Å². The lowest BCUT2D eigenvalue weighted by molar-refractivity contribution is 0.0926. The number of nitrogens with one attached hydrogen (secondary N) is 2. The van der Waals surface area contributed by atoms with Crippen LogP contribution in [0, 0.1) is 5.92 Å². The number of aromatic amines is 1. The lowest BCUT2D eigenvalue weighted by Gasteiger charge is -2.18. The smallest absolute Gasteiger partial charge is 0.271 e. The minimum atomic E-state index is -0.213. The number of carbonyl (C=O) groups is 1. The SMILES string of the molecule is CC(C)CC(NC(=O)c1csc(-c2ccco2)n1)c1nc2ccccc2[nH]1. The maximum absolute atomic E-state index is 12.8. The van der Waals surface area contributed by atoms with Crippen molar-refractivity contribution in [2.75, 3.05) is 0 Å². The zero-order valence-electron chi connectivity index (χ0n) is 15.1. The highest BCUT2D eigenvalue weighted by molar-refractivity contribution is 7.13. The summed E-state index contributed by atoms with van der Waals surface area (Å²) in [4.78, 5) is 25.2. The number of nitrogens with zero attached hydrogens (tertiary/aromatic N) is 2. The number of para-hydroxylation sites is 2. The first kappa shape index (κ1) is 17.5. The fourth-order valence-corrected chi connectivity index (χ4v) is 3.74. The van der Waals surface area contributed by atoms with E-state index >= 15 is 0 Å². The number of aromatic nitrogens is 3. The van der Waals surface area contributed by atoms with Crippen LogP contribution in [-0.4, -0.2) is 20.9 Å². The Kier molecular flexibility index (Phi) is 4.77. The molecule has 0 aliphatic carbocycles. The average molecular weight is 380 g/mol. The van der Waals surface area contributed by atoms with Crippen molar-refractivity contribution >= 4 is 28.3 Å². The molecule has 1 aromatic carbocycles. The first-order valence-electron chi connectivity index (χ1n) is 8.85. The topological polar surface area (TPSA) is 83.8 Å². The molecule has 138 valence electrons. The number of H-pyrrole nitrogens is 1. The summed E-state index contributed by atoms with van der Waals surface area (Å²) in [6.07, 6.45) is 2.37. The highest BCUT2D eigenvalue weighted by Gasteiger charge is 2.22. The van der Waals surface area contributed by atoms with Gasteiger partial charge in [-0.15, -0.1) is 11.3 Å². The van der Waals surface area contributed by atoms with Gasteiger partial charge in [-0.25, -0.2) is 9.97 Å². The Morgan fingerprint density at radius 1 is 1.22 bits per heavy atom. The molecule has 2 N–H and O–H groups in total. The number of amides is 1. The number of imidazole rings is 1. The molecule has 0 aliphatic heterocycles. The molecule has 3 heterocycles. The molecule has 6 nitrogen and oxygen atoms in total. The fraction of sp³-hybridized carbons (Fsp3) is 0.250.